The highest BCUT2D eigenvalue weighted by molar-refractivity contribution is 5.90. The molecule has 5 aliphatic rings. The molecule has 10 heteroatoms. The maximum atomic E-state index is 13.7. The number of ether oxygens (including phenoxy) is 1. The van der Waals surface area contributed by atoms with Crippen molar-refractivity contribution in [3.8, 4) is 0 Å². The molecule has 6 rings (SSSR count). The lowest BCUT2D eigenvalue weighted by atomic mass is 9.81. The highest BCUT2D eigenvalue weighted by Gasteiger charge is 2.57. The molecule has 0 saturated carbocycles. The predicted octanol–water partition coefficient (Wildman–Crippen LogP) is 2.85. The summed E-state index contributed by atoms with van der Waals surface area (Å²) < 4.78 is 5.57. The van der Waals surface area contributed by atoms with E-state index in [0.29, 0.717) is 24.5 Å². The molecular weight excluding hydrogens is 520 g/mol. The van der Waals surface area contributed by atoms with Gasteiger partial charge >= 0.3 is 12.1 Å². The van der Waals surface area contributed by atoms with E-state index in [2.05, 4.69) is 56.6 Å². The van der Waals surface area contributed by atoms with Gasteiger partial charge in [0, 0.05) is 57.5 Å². The van der Waals surface area contributed by atoms with E-state index in [1.165, 1.54) is 0 Å². The summed E-state index contributed by atoms with van der Waals surface area (Å²) in [6.45, 7) is 8.84. The van der Waals surface area contributed by atoms with Gasteiger partial charge in [0.05, 0.1) is 11.6 Å². The minimum Gasteiger partial charge on any atom is -0.381 e. The average molecular weight is 567 g/mol. The number of rotatable bonds is 9. The zero-order valence-electron chi connectivity index (χ0n) is 24.5. The summed E-state index contributed by atoms with van der Waals surface area (Å²) in [7, 11) is 0. The third-order valence-electron chi connectivity index (χ3n) is 10.1. The molecule has 5 fully saturated rings. The Morgan fingerprint density at radius 3 is 2.41 bits per heavy atom. The fourth-order valence-electron chi connectivity index (χ4n) is 8.28. The number of nitrogens with one attached hydrogen (secondary N) is 3. The first kappa shape index (κ1) is 28.3. The summed E-state index contributed by atoms with van der Waals surface area (Å²) in [4.78, 5) is 45.4. The zero-order chi connectivity index (χ0) is 28.6. The molecule has 0 radical (unpaired) electrons. The SMILES string of the molecule is CC(C)N1C(=O)N(CC2CCOCC2)CC12CC1CCC(C2)N1CC[C@H](NC(=O)C1CNC(=O)N1)c1ccccc1. The highest BCUT2D eigenvalue weighted by Crippen LogP contribution is 2.48. The molecule has 5 amide bonds. The Balaban J connectivity index is 1.13. The van der Waals surface area contributed by atoms with Gasteiger partial charge < -0.3 is 30.5 Å². The highest BCUT2D eigenvalue weighted by atomic mass is 16.5. The molecule has 0 aromatic heterocycles. The second-order valence-corrected chi connectivity index (χ2v) is 13.1. The summed E-state index contributed by atoms with van der Waals surface area (Å²) in [5.74, 6) is 0.381. The van der Waals surface area contributed by atoms with Gasteiger partial charge in [-0.2, -0.15) is 0 Å². The number of urea groups is 2. The number of piperidine rings is 1. The predicted molar refractivity (Wildman–Crippen MR) is 155 cm³/mol. The van der Waals surface area contributed by atoms with Gasteiger partial charge in [0.15, 0.2) is 0 Å². The van der Waals surface area contributed by atoms with Crippen LogP contribution in [0.3, 0.4) is 0 Å². The minimum atomic E-state index is -0.550. The van der Waals surface area contributed by atoms with E-state index in [1.54, 1.807) is 0 Å². The fraction of sp³-hybridized carbons (Fsp3) is 0.710. The lowest BCUT2D eigenvalue weighted by molar-refractivity contribution is -0.123. The van der Waals surface area contributed by atoms with Gasteiger partial charge in [-0.3, -0.25) is 9.69 Å². The number of benzene rings is 1. The van der Waals surface area contributed by atoms with E-state index in [0.717, 1.165) is 83.4 Å². The first-order valence-corrected chi connectivity index (χ1v) is 15.6. The van der Waals surface area contributed by atoms with Crippen LogP contribution in [0.25, 0.3) is 0 Å². The van der Waals surface area contributed by atoms with Gasteiger partial charge in [0.25, 0.3) is 0 Å². The third-order valence-corrected chi connectivity index (χ3v) is 10.1. The smallest absolute Gasteiger partial charge is 0.320 e. The number of carbonyl (C=O) groups is 3. The molecule has 5 aliphatic heterocycles. The monoisotopic (exact) mass is 566 g/mol. The number of nitrogens with zero attached hydrogens (tertiary/aromatic N) is 3. The molecule has 3 N–H and O–H groups in total. The van der Waals surface area contributed by atoms with Crippen LogP contribution in [0.2, 0.25) is 0 Å². The van der Waals surface area contributed by atoms with Crippen molar-refractivity contribution in [1.82, 2.24) is 30.7 Å². The van der Waals surface area contributed by atoms with Crippen molar-refractivity contribution >= 4 is 18.0 Å². The van der Waals surface area contributed by atoms with E-state index in [-0.39, 0.29) is 35.6 Å². The lowest BCUT2D eigenvalue weighted by Gasteiger charge is -2.49. The molecule has 224 valence electrons. The van der Waals surface area contributed by atoms with Crippen LogP contribution >= 0.6 is 0 Å². The van der Waals surface area contributed by atoms with E-state index >= 15 is 0 Å². The molecule has 2 bridgehead atoms. The standard InChI is InChI=1S/C31H46N6O4/c1-21(2)37-30(40)35(19-22-11-14-41-15-12-22)20-31(37)16-24-8-9-25(17-31)36(24)13-10-26(23-6-4-3-5-7-23)33-28(38)27-18-32-29(39)34-27/h3-7,21-22,24-27H,8-20H2,1-2H3,(H,33,38)(H2,32,34,39)/t24?,25?,26-,27?,31?/m0/s1. The quantitative estimate of drug-likeness (QED) is 0.426. The van der Waals surface area contributed by atoms with Crippen LogP contribution < -0.4 is 16.0 Å². The van der Waals surface area contributed by atoms with E-state index < -0.39 is 6.04 Å². The zero-order valence-corrected chi connectivity index (χ0v) is 24.5. The number of amides is 5. The van der Waals surface area contributed by atoms with Gasteiger partial charge in [0.1, 0.15) is 6.04 Å². The van der Waals surface area contributed by atoms with Crippen LogP contribution in [0, 0.1) is 5.92 Å². The van der Waals surface area contributed by atoms with Crippen LogP contribution in [0.15, 0.2) is 30.3 Å². The number of hydrogen-bond acceptors (Lipinski definition) is 5. The minimum absolute atomic E-state index is 0.0977. The van der Waals surface area contributed by atoms with E-state index in [4.69, 9.17) is 4.74 Å². The summed E-state index contributed by atoms with van der Waals surface area (Å²) in [5, 5.41) is 8.59. The second-order valence-electron chi connectivity index (χ2n) is 13.1. The first-order chi connectivity index (χ1) is 19.8. The normalized spacial score (nSPS) is 31.1. The maximum absolute atomic E-state index is 13.7. The van der Waals surface area contributed by atoms with Crippen molar-refractivity contribution in [2.24, 2.45) is 5.92 Å². The van der Waals surface area contributed by atoms with Gasteiger partial charge in [0.2, 0.25) is 5.91 Å². The van der Waals surface area contributed by atoms with Crippen molar-refractivity contribution < 1.29 is 19.1 Å². The van der Waals surface area contributed by atoms with E-state index in [1.807, 2.05) is 18.2 Å². The van der Waals surface area contributed by atoms with Crippen molar-refractivity contribution in [1.29, 1.82) is 0 Å². The van der Waals surface area contributed by atoms with Crippen LogP contribution in [-0.2, 0) is 9.53 Å². The largest absolute Gasteiger partial charge is 0.381 e. The molecule has 0 aliphatic carbocycles. The molecule has 5 heterocycles. The first-order valence-electron chi connectivity index (χ1n) is 15.6. The fourth-order valence-corrected chi connectivity index (χ4v) is 8.28. The Bertz CT molecular complexity index is 1100. The molecule has 1 aromatic rings. The van der Waals surface area contributed by atoms with Crippen molar-refractivity contribution in [3.05, 3.63) is 35.9 Å². The van der Waals surface area contributed by atoms with Crippen LogP contribution in [-0.4, -0.2) is 102 Å². The van der Waals surface area contributed by atoms with Gasteiger partial charge in [-0.1, -0.05) is 30.3 Å². The molecule has 5 saturated heterocycles. The van der Waals surface area contributed by atoms with Crippen LogP contribution in [0.4, 0.5) is 9.59 Å². The van der Waals surface area contributed by atoms with E-state index in [9.17, 15) is 14.4 Å². The number of fused-ring (bicyclic) bond motifs is 2. The third kappa shape index (κ3) is 5.78. The maximum Gasteiger partial charge on any atom is 0.320 e. The summed E-state index contributed by atoms with van der Waals surface area (Å²) in [6.07, 6.45) is 7.23. The van der Waals surface area contributed by atoms with Gasteiger partial charge in [-0.05, 0) is 70.3 Å². The van der Waals surface area contributed by atoms with Crippen molar-refractivity contribution in [2.75, 3.05) is 39.4 Å². The van der Waals surface area contributed by atoms with Crippen LogP contribution in [0.1, 0.15) is 70.4 Å². The molecule has 1 aromatic carbocycles. The molecule has 41 heavy (non-hydrogen) atoms. The molecule has 10 nitrogen and oxygen atoms in total. The summed E-state index contributed by atoms with van der Waals surface area (Å²) >= 11 is 0. The Morgan fingerprint density at radius 2 is 1.78 bits per heavy atom. The Kier molecular flexibility index (Phi) is 8.14. The molecule has 1 spiro atoms. The number of hydrogen-bond donors (Lipinski definition) is 3. The van der Waals surface area contributed by atoms with Crippen molar-refractivity contribution in [2.45, 2.75) is 94.5 Å². The summed E-state index contributed by atoms with van der Waals surface area (Å²) in [5.41, 5.74) is 0.981. The lowest BCUT2D eigenvalue weighted by Crippen LogP contribution is -2.60. The Labute approximate surface area is 243 Å². The number of carbonyl (C=O) groups excluding carboxylic acids is 3. The molecule has 3 unspecified atom stereocenters. The topological polar surface area (TPSA) is 106 Å². The van der Waals surface area contributed by atoms with Gasteiger partial charge in [-0.25, -0.2) is 9.59 Å². The van der Waals surface area contributed by atoms with Gasteiger partial charge in [-0.15, -0.1) is 0 Å². The van der Waals surface area contributed by atoms with Crippen LogP contribution in [0.5, 0.6) is 0 Å². The Morgan fingerprint density at radius 1 is 1.07 bits per heavy atom. The summed E-state index contributed by atoms with van der Waals surface area (Å²) in [6, 6.07) is 10.4. The second kappa shape index (κ2) is 11.8. The molecular formula is C31H46N6O4. The average Bonchev–Trinajstić information content (AvgIpc) is 3.59. The van der Waals surface area contributed by atoms with Crippen molar-refractivity contribution in [3.63, 3.8) is 0 Å². The molecule has 4 atom stereocenters. The Hall–Kier alpha value is -2.85.